The Balaban J connectivity index is 1.24. The van der Waals surface area contributed by atoms with Gasteiger partial charge in [-0.3, -0.25) is 4.90 Å². The molecule has 2 aliphatic carbocycles. The number of aryl methyl sites for hydroxylation is 1. The van der Waals surface area contributed by atoms with Crippen LogP contribution in [0.5, 0.6) is 0 Å². The van der Waals surface area contributed by atoms with Crippen molar-refractivity contribution in [3.8, 4) is 0 Å². The molecule has 0 bridgehead atoms. The van der Waals surface area contributed by atoms with Crippen LogP contribution in [0, 0.1) is 5.92 Å². The molecule has 1 aliphatic heterocycles. The Kier molecular flexibility index (Phi) is 7.61. The minimum Gasteiger partial charge on any atom is -0.379 e. The Labute approximate surface area is 221 Å². The van der Waals surface area contributed by atoms with E-state index in [1.807, 2.05) is 0 Å². The molecular formula is C32H38N4O. The van der Waals surface area contributed by atoms with E-state index in [0.717, 1.165) is 69.7 Å². The molecule has 3 aliphatic rings. The first-order valence-electron chi connectivity index (χ1n) is 14.1. The normalized spacial score (nSPS) is 18.4. The lowest BCUT2D eigenvalue weighted by atomic mass is 9.93. The highest BCUT2D eigenvalue weighted by atomic mass is 16.5. The zero-order valence-corrected chi connectivity index (χ0v) is 21.8. The van der Waals surface area contributed by atoms with Crippen molar-refractivity contribution in [3.63, 3.8) is 0 Å². The Morgan fingerprint density at radius 2 is 1.68 bits per heavy atom. The number of rotatable bonds is 9. The van der Waals surface area contributed by atoms with Gasteiger partial charge in [0.1, 0.15) is 12.1 Å². The van der Waals surface area contributed by atoms with Crippen molar-refractivity contribution in [2.24, 2.45) is 5.92 Å². The lowest BCUT2D eigenvalue weighted by Gasteiger charge is -2.26. The molecule has 1 N–H and O–H groups in total. The van der Waals surface area contributed by atoms with Crippen LogP contribution in [0.4, 0.5) is 5.82 Å². The first kappa shape index (κ1) is 24.3. The number of nitrogens with zero attached hydrogens (tertiary/aromatic N) is 3. The minimum absolute atomic E-state index is 0.756. The topological polar surface area (TPSA) is 50.3 Å². The van der Waals surface area contributed by atoms with E-state index in [4.69, 9.17) is 14.7 Å². The molecule has 192 valence electrons. The summed E-state index contributed by atoms with van der Waals surface area (Å²) < 4.78 is 5.48. The summed E-state index contributed by atoms with van der Waals surface area (Å²) in [5.74, 6) is 1.75. The molecule has 2 aromatic carbocycles. The van der Waals surface area contributed by atoms with Gasteiger partial charge in [-0.2, -0.15) is 0 Å². The largest absolute Gasteiger partial charge is 0.379 e. The third-order valence-electron chi connectivity index (χ3n) is 8.26. The van der Waals surface area contributed by atoms with E-state index in [-0.39, 0.29) is 0 Å². The molecule has 2 heterocycles. The second kappa shape index (κ2) is 11.6. The SMILES string of the molecule is c1ccc(C2=C(c3ccc(CCCN4CCOCC4)cc3)Cc3ncnc(NCC4CCCC4)c32)cc1. The van der Waals surface area contributed by atoms with Crippen LogP contribution in [0.15, 0.2) is 60.9 Å². The summed E-state index contributed by atoms with van der Waals surface area (Å²) in [6.07, 6.45) is 10.2. The number of hydrogen-bond acceptors (Lipinski definition) is 5. The Morgan fingerprint density at radius 3 is 2.46 bits per heavy atom. The van der Waals surface area contributed by atoms with Crippen molar-refractivity contribution >= 4 is 17.0 Å². The molecule has 5 nitrogen and oxygen atoms in total. The molecule has 1 saturated heterocycles. The average molecular weight is 495 g/mol. The van der Waals surface area contributed by atoms with Crippen molar-refractivity contribution in [2.75, 3.05) is 44.7 Å². The molecule has 0 atom stereocenters. The molecule has 6 rings (SSSR count). The van der Waals surface area contributed by atoms with Gasteiger partial charge in [-0.1, -0.05) is 67.4 Å². The number of benzene rings is 2. The van der Waals surface area contributed by atoms with Crippen molar-refractivity contribution in [2.45, 2.75) is 44.9 Å². The summed E-state index contributed by atoms with van der Waals surface area (Å²) in [7, 11) is 0. The summed E-state index contributed by atoms with van der Waals surface area (Å²) >= 11 is 0. The van der Waals surface area contributed by atoms with Gasteiger partial charge in [0.25, 0.3) is 0 Å². The molecule has 2 fully saturated rings. The summed E-state index contributed by atoms with van der Waals surface area (Å²) in [5, 5.41) is 3.72. The zero-order valence-electron chi connectivity index (χ0n) is 21.8. The highest BCUT2D eigenvalue weighted by molar-refractivity contribution is 6.05. The standard InChI is InChI=1S/C32H38N4O/c1-2-10-27(11-3-1)30-28(21-29-31(30)32(35-23-34-29)33-22-25-7-4-5-8-25)26-14-12-24(13-15-26)9-6-16-36-17-19-37-20-18-36/h1-3,10-15,23,25H,4-9,16-22H2,(H,33,34,35). The van der Waals surface area contributed by atoms with Crippen LogP contribution in [0.3, 0.4) is 0 Å². The lowest BCUT2D eigenvalue weighted by Crippen LogP contribution is -2.36. The number of ether oxygens (including phenoxy) is 1. The minimum atomic E-state index is 0.756. The number of morpholine rings is 1. The second-order valence-electron chi connectivity index (χ2n) is 10.7. The summed E-state index contributed by atoms with van der Waals surface area (Å²) in [6, 6.07) is 20.1. The van der Waals surface area contributed by atoms with Gasteiger partial charge < -0.3 is 10.1 Å². The van der Waals surface area contributed by atoms with E-state index in [2.05, 4.69) is 64.8 Å². The second-order valence-corrected chi connectivity index (χ2v) is 10.7. The molecule has 1 aromatic heterocycles. The van der Waals surface area contributed by atoms with E-state index >= 15 is 0 Å². The number of allylic oxidation sites excluding steroid dienone is 1. The van der Waals surface area contributed by atoms with Crippen molar-refractivity contribution in [1.82, 2.24) is 14.9 Å². The molecule has 3 aromatic rings. The summed E-state index contributed by atoms with van der Waals surface area (Å²) in [4.78, 5) is 12.0. The maximum Gasteiger partial charge on any atom is 0.137 e. The fourth-order valence-electron chi connectivity index (χ4n) is 6.19. The van der Waals surface area contributed by atoms with Crippen molar-refractivity contribution in [1.29, 1.82) is 0 Å². The van der Waals surface area contributed by atoms with E-state index in [9.17, 15) is 0 Å². The number of aromatic nitrogens is 2. The first-order valence-corrected chi connectivity index (χ1v) is 14.1. The van der Waals surface area contributed by atoms with Gasteiger partial charge in [-0.15, -0.1) is 0 Å². The van der Waals surface area contributed by atoms with Gasteiger partial charge in [-0.05, 0) is 66.0 Å². The number of anilines is 1. The molecule has 37 heavy (non-hydrogen) atoms. The van der Waals surface area contributed by atoms with Gasteiger partial charge in [0.2, 0.25) is 0 Å². The van der Waals surface area contributed by atoms with Gasteiger partial charge in [0.05, 0.1) is 18.9 Å². The number of nitrogens with one attached hydrogen (secondary N) is 1. The summed E-state index contributed by atoms with van der Waals surface area (Å²) in [5.41, 5.74) is 8.90. The van der Waals surface area contributed by atoms with Crippen LogP contribution < -0.4 is 5.32 Å². The highest BCUT2D eigenvalue weighted by Gasteiger charge is 2.29. The first-order chi connectivity index (χ1) is 18.3. The Hall–Kier alpha value is -3.02. The smallest absolute Gasteiger partial charge is 0.137 e. The van der Waals surface area contributed by atoms with Crippen LogP contribution >= 0.6 is 0 Å². The predicted molar refractivity (Wildman–Crippen MR) is 151 cm³/mol. The predicted octanol–water partition coefficient (Wildman–Crippen LogP) is 5.86. The van der Waals surface area contributed by atoms with E-state index in [1.165, 1.54) is 65.5 Å². The maximum absolute atomic E-state index is 5.48. The Morgan fingerprint density at radius 1 is 0.892 bits per heavy atom. The Bertz CT molecular complexity index is 1210. The van der Waals surface area contributed by atoms with E-state index in [0.29, 0.717) is 0 Å². The molecule has 0 amide bonds. The van der Waals surface area contributed by atoms with Gasteiger partial charge in [-0.25, -0.2) is 9.97 Å². The maximum atomic E-state index is 5.48. The quantitative estimate of drug-likeness (QED) is 0.404. The van der Waals surface area contributed by atoms with E-state index < -0.39 is 0 Å². The average Bonchev–Trinajstić information content (AvgIpc) is 3.62. The molecule has 0 spiro atoms. The molecular weight excluding hydrogens is 456 g/mol. The fourth-order valence-corrected chi connectivity index (χ4v) is 6.19. The van der Waals surface area contributed by atoms with Crippen LogP contribution in [-0.4, -0.2) is 54.3 Å². The van der Waals surface area contributed by atoms with Crippen LogP contribution in [0.1, 0.15) is 60.1 Å². The molecule has 0 unspecified atom stereocenters. The van der Waals surface area contributed by atoms with Crippen LogP contribution in [0.25, 0.3) is 11.1 Å². The third-order valence-corrected chi connectivity index (χ3v) is 8.26. The van der Waals surface area contributed by atoms with E-state index in [1.54, 1.807) is 6.33 Å². The van der Waals surface area contributed by atoms with Crippen LogP contribution in [-0.2, 0) is 17.6 Å². The fraction of sp³-hybridized carbons (Fsp3) is 0.438. The number of fused-ring (bicyclic) bond motifs is 1. The zero-order chi connectivity index (χ0) is 24.9. The number of hydrogen-bond donors (Lipinski definition) is 1. The molecule has 5 heteroatoms. The third kappa shape index (κ3) is 5.63. The summed E-state index contributed by atoms with van der Waals surface area (Å²) in [6.45, 7) is 6.03. The highest BCUT2D eigenvalue weighted by Crippen LogP contribution is 2.44. The van der Waals surface area contributed by atoms with Gasteiger partial charge >= 0.3 is 0 Å². The van der Waals surface area contributed by atoms with Gasteiger partial charge in [0, 0.05) is 31.6 Å². The molecule has 1 saturated carbocycles. The van der Waals surface area contributed by atoms with Gasteiger partial charge in [0.15, 0.2) is 0 Å². The molecule has 0 radical (unpaired) electrons. The lowest BCUT2D eigenvalue weighted by molar-refractivity contribution is 0.0375. The van der Waals surface area contributed by atoms with Crippen molar-refractivity contribution < 1.29 is 4.74 Å². The monoisotopic (exact) mass is 494 g/mol. The van der Waals surface area contributed by atoms with Crippen LogP contribution in [0.2, 0.25) is 0 Å². The van der Waals surface area contributed by atoms with Crippen molar-refractivity contribution in [3.05, 3.63) is 88.9 Å².